The quantitative estimate of drug-likeness (QED) is 0.148. The van der Waals surface area contributed by atoms with Crippen molar-refractivity contribution in [3.63, 3.8) is 0 Å². The van der Waals surface area contributed by atoms with Crippen molar-refractivity contribution >= 4 is 35.2 Å². The average Bonchev–Trinajstić information content (AvgIpc) is 2.95. The van der Waals surface area contributed by atoms with Crippen LogP contribution in [0.15, 0.2) is 79.6 Å². The molecule has 1 aromatic heterocycles. The Balaban J connectivity index is 1.59. The number of rotatable bonds is 12. The van der Waals surface area contributed by atoms with E-state index >= 15 is 0 Å². The first-order valence-corrected chi connectivity index (χ1v) is 11.8. The smallest absolute Gasteiger partial charge is 0.235 e. The van der Waals surface area contributed by atoms with Crippen molar-refractivity contribution in [1.82, 2.24) is 15.0 Å². The van der Waals surface area contributed by atoms with Crippen LogP contribution >= 0.6 is 0 Å². The molecule has 0 saturated heterocycles. The number of methoxy groups -OCH3 is 2. The first-order valence-electron chi connectivity index (χ1n) is 11.8. The molecule has 0 bridgehead atoms. The Hall–Kier alpha value is -5.12. The molecule has 3 aromatic carbocycles. The Bertz CT molecular complexity index is 1410. The number of nitrogens with zero attached hydrogens (tertiary/aromatic N) is 4. The SMILES string of the molecule is C=CCN(c1ccc(NCc2ccccc2)c(C=N)c1)c1ncnc(Nc2cc(O)c(OC)c(OC)c2)n1. The topological polar surface area (TPSA) is 129 Å². The second-order valence-electron chi connectivity index (χ2n) is 8.12. The largest absolute Gasteiger partial charge is 0.504 e. The summed E-state index contributed by atoms with van der Waals surface area (Å²) in [5.41, 5.74) is 4.01. The highest BCUT2D eigenvalue weighted by Crippen LogP contribution is 2.39. The van der Waals surface area contributed by atoms with E-state index in [1.807, 2.05) is 53.4 Å². The van der Waals surface area contributed by atoms with E-state index in [0.717, 1.165) is 22.5 Å². The summed E-state index contributed by atoms with van der Waals surface area (Å²) in [7, 11) is 2.94. The molecule has 0 unspecified atom stereocenters. The van der Waals surface area contributed by atoms with E-state index in [9.17, 15) is 5.11 Å². The third-order valence-corrected chi connectivity index (χ3v) is 5.66. The Morgan fingerprint density at radius 1 is 1.05 bits per heavy atom. The molecule has 0 radical (unpaired) electrons. The van der Waals surface area contributed by atoms with Crippen LogP contribution in [0.3, 0.4) is 0 Å². The third-order valence-electron chi connectivity index (χ3n) is 5.66. The molecule has 4 rings (SSSR count). The number of phenolic OH excluding ortho intramolecular Hbond substituents is 1. The lowest BCUT2D eigenvalue weighted by Crippen LogP contribution is -2.20. The van der Waals surface area contributed by atoms with Gasteiger partial charge < -0.3 is 35.5 Å². The number of hydrogen-bond donors (Lipinski definition) is 4. The fraction of sp³-hybridized carbons (Fsp3) is 0.143. The van der Waals surface area contributed by atoms with Gasteiger partial charge in [0.15, 0.2) is 11.5 Å². The van der Waals surface area contributed by atoms with Crippen molar-refractivity contribution in [2.24, 2.45) is 0 Å². The van der Waals surface area contributed by atoms with Crippen molar-refractivity contribution in [1.29, 1.82) is 5.41 Å². The Morgan fingerprint density at radius 3 is 2.58 bits per heavy atom. The van der Waals surface area contributed by atoms with Crippen LogP contribution in [0.4, 0.5) is 29.0 Å². The third kappa shape index (κ3) is 5.98. The summed E-state index contributed by atoms with van der Waals surface area (Å²) in [6.45, 7) is 4.94. The van der Waals surface area contributed by atoms with E-state index in [1.54, 1.807) is 12.1 Å². The number of hydrogen-bond acceptors (Lipinski definition) is 10. The molecule has 0 aliphatic rings. The molecule has 0 fully saturated rings. The van der Waals surface area contributed by atoms with Gasteiger partial charge >= 0.3 is 0 Å². The average molecular weight is 512 g/mol. The fourth-order valence-electron chi connectivity index (χ4n) is 3.85. The summed E-state index contributed by atoms with van der Waals surface area (Å²) in [6, 6.07) is 19.0. The molecule has 0 atom stereocenters. The molecule has 0 aliphatic carbocycles. The molecule has 4 N–H and O–H groups in total. The first-order chi connectivity index (χ1) is 18.6. The lowest BCUT2D eigenvalue weighted by atomic mass is 10.1. The molecule has 0 amide bonds. The van der Waals surface area contributed by atoms with Gasteiger partial charge in [0.2, 0.25) is 17.6 Å². The van der Waals surface area contributed by atoms with Crippen LogP contribution in [0.1, 0.15) is 11.1 Å². The molecule has 0 spiro atoms. The van der Waals surface area contributed by atoms with E-state index < -0.39 is 0 Å². The van der Waals surface area contributed by atoms with Gasteiger partial charge in [-0.2, -0.15) is 4.98 Å². The van der Waals surface area contributed by atoms with E-state index in [0.29, 0.717) is 30.5 Å². The molecule has 10 nitrogen and oxygen atoms in total. The highest BCUT2D eigenvalue weighted by atomic mass is 16.5. The minimum atomic E-state index is -0.0861. The molecule has 1 heterocycles. The predicted octanol–water partition coefficient (Wildman–Crippen LogP) is 5.27. The maximum Gasteiger partial charge on any atom is 0.235 e. The van der Waals surface area contributed by atoms with Crippen LogP contribution < -0.4 is 25.0 Å². The van der Waals surface area contributed by atoms with Crippen molar-refractivity contribution in [3.05, 3.63) is 90.8 Å². The van der Waals surface area contributed by atoms with Gasteiger partial charge in [-0.3, -0.25) is 0 Å². The Labute approximate surface area is 221 Å². The van der Waals surface area contributed by atoms with Gasteiger partial charge in [-0.25, -0.2) is 9.97 Å². The maximum atomic E-state index is 10.3. The van der Waals surface area contributed by atoms with E-state index in [-0.39, 0.29) is 17.4 Å². The minimum Gasteiger partial charge on any atom is -0.504 e. The Kier molecular flexibility index (Phi) is 8.35. The fourth-order valence-corrected chi connectivity index (χ4v) is 3.85. The van der Waals surface area contributed by atoms with Crippen LogP contribution in [0, 0.1) is 5.41 Å². The molecule has 10 heteroatoms. The van der Waals surface area contributed by atoms with Crippen LogP contribution in [-0.4, -0.2) is 47.0 Å². The van der Waals surface area contributed by atoms with Gasteiger partial charge in [0.25, 0.3) is 0 Å². The number of anilines is 5. The zero-order chi connectivity index (χ0) is 26.9. The Morgan fingerprint density at radius 2 is 1.87 bits per heavy atom. The monoisotopic (exact) mass is 511 g/mol. The van der Waals surface area contributed by atoms with Crippen LogP contribution in [0.2, 0.25) is 0 Å². The molecule has 38 heavy (non-hydrogen) atoms. The number of nitrogens with one attached hydrogen (secondary N) is 3. The van der Waals surface area contributed by atoms with Crippen LogP contribution in [-0.2, 0) is 6.54 Å². The van der Waals surface area contributed by atoms with Crippen molar-refractivity contribution in [2.75, 3.05) is 36.3 Å². The van der Waals surface area contributed by atoms with Gasteiger partial charge in [-0.15, -0.1) is 6.58 Å². The maximum absolute atomic E-state index is 10.3. The number of aromatic hydroxyl groups is 1. The van der Waals surface area contributed by atoms with Crippen LogP contribution in [0.25, 0.3) is 0 Å². The van der Waals surface area contributed by atoms with Crippen molar-refractivity contribution in [2.45, 2.75) is 6.54 Å². The second-order valence-corrected chi connectivity index (χ2v) is 8.12. The van der Waals surface area contributed by atoms with Gasteiger partial charge in [0.1, 0.15) is 6.33 Å². The molecule has 4 aromatic rings. The lowest BCUT2D eigenvalue weighted by Gasteiger charge is -2.23. The normalized spacial score (nSPS) is 10.4. The van der Waals surface area contributed by atoms with E-state index in [1.165, 1.54) is 32.8 Å². The van der Waals surface area contributed by atoms with Gasteiger partial charge in [0, 0.05) is 54.1 Å². The zero-order valence-electron chi connectivity index (χ0n) is 21.2. The predicted molar refractivity (Wildman–Crippen MR) is 150 cm³/mol. The molecule has 194 valence electrons. The number of aromatic nitrogens is 3. The summed E-state index contributed by atoms with van der Waals surface area (Å²) >= 11 is 0. The molecule has 0 saturated carbocycles. The van der Waals surface area contributed by atoms with Gasteiger partial charge in [-0.05, 0) is 23.8 Å². The lowest BCUT2D eigenvalue weighted by molar-refractivity contribution is 0.333. The standard InChI is InChI=1S/C28H29N7O3/c1-4-12-35(22-10-11-23(20(13-22)16-29)30-17-19-8-6-5-7-9-19)28-32-18-31-27(34-28)33-21-14-24(36)26(38-3)25(15-21)37-2/h4-11,13-16,18,29-30,36H,1,12,17H2,2-3H3,(H,31,32,33,34). The van der Waals surface area contributed by atoms with Gasteiger partial charge in [0.05, 0.1) is 14.2 Å². The summed E-state index contributed by atoms with van der Waals surface area (Å²) in [5, 5.41) is 24.7. The van der Waals surface area contributed by atoms with Crippen molar-refractivity contribution < 1.29 is 14.6 Å². The first kappa shape index (κ1) is 26.0. The van der Waals surface area contributed by atoms with Crippen molar-refractivity contribution in [3.8, 4) is 17.2 Å². The highest BCUT2D eigenvalue weighted by molar-refractivity contribution is 5.88. The highest BCUT2D eigenvalue weighted by Gasteiger charge is 2.16. The molecular weight excluding hydrogens is 482 g/mol. The summed E-state index contributed by atoms with van der Waals surface area (Å²) in [4.78, 5) is 15.0. The summed E-state index contributed by atoms with van der Waals surface area (Å²) in [5.74, 6) is 1.15. The molecule has 0 aliphatic heterocycles. The number of phenols is 1. The zero-order valence-corrected chi connectivity index (χ0v) is 21.2. The minimum absolute atomic E-state index is 0.0861. The van der Waals surface area contributed by atoms with E-state index in [4.69, 9.17) is 14.9 Å². The van der Waals surface area contributed by atoms with E-state index in [2.05, 4.69) is 32.2 Å². The number of benzene rings is 3. The molecular formula is C28H29N7O3. The second kappa shape index (κ2) is 12.2. The summed E-state index contributed by atoms with van der Waals surface area (Å²) in [6.07, 6.45) is 4.45. The summed E-state index contributed by atoms with van der Waals surface area (Å²) < 4.78 is 10.5. The van der Waals surface area contributed by atoms with Gasteiger partial charge in [-0.1, -0.05) is 36.4 Å². The van der Waals surface area contributed by atoms with Crippen LogP contribution in [0.5, 0.6) is 17.2 Å². The number of ether oxygens (including phenoxy) is 2.